The minimum absolute atomic E-state index is 0.720. The standard InChI is InChI=1S/C19H22N2O/c1-2-3-4-5-10-17(20)16-14-21(19-12-8-13-22-19)18-11-7-6-9-15(16)18/h6-9,11-14,20H,2-5,10H2,1H3. The molecule has 1 aromatic carbocycles. The molecule has 0 saturated carbocycles. The van der Waals surface area contributed by atoms with Crippen LogP contribution in [0.1, 0.15) is 44.6 Å². The van der Waals surface area contributed by atoms with Crippen LogP contribution < -0.4 is 0 Å². The highest BCUT2D eigenvalue weighted by atomic mass is 16.3. The summed E-state index contributed by atoms with van der Waals surface area (Å²) in [5.41, 5.74) is 2.83. The second kappa shape index (κ2) is 6.65. The molecule has 0 spiro atoms. The van der Waals surface area contributed by atoms with Crippen molar-refractivity contribution >= 4 is 16.6 Å². The summed E-state index contributed by atoms with van der Waals surface area (Å²) >= 11 is 0. The molecule has 0 aliphatic rings. The Bertz CT molecular complexity index is 753. The van der Waals surface area contributed by atoms with Crippen molar-refractivity contribution < 1.29 is 4.42 Å². The fourth-order valence-corrected chi connectivity index (χ4v) is 2.87. The number of furan rings is 1. The van der Waals surface area contributed by atoms with Gasteiger partial charge in [-0.2, -0.15) is 0 Å². The number of hydrogen-bond donors (Lipinski definition) is 1. The minimum atomic E-state index is 0.720. The van der Waals surface area contributed by atoms with Gasteiger partial charge in [0.2, 0.25) is 5.88 Å². The van der Waals surface area contributed by atoms with Gasteiger partial charge in [0.25, 0.3) is 0 Å². The highest BCUT2D eigenvalue weighted by Crippen LogP contribution is 2.26. The second-order valence-electron chi connectivity index (χ2n) is 5.67. The fourth-order valence-electron chi connectivity index (χ4n) is 2.87. The summed E-state index contributed by atoms with van der Waals surface area (Å²) in [6.07, 6.45) is 9.33. The van der Waals surface area contributed by atoms with E-state index < -0.39 is 0 Å². The summed E-state index contributed by atoms with van der Waals surface area (Å²) in [5.74, 6) is 0.793. The van der Waals surface area contributed by atoms with E-state index in [0.29, 0.717) is 0 Å². The summed E-state index contributed by atoms with van der Waals surface area (Å²) < 4.78 is 7.56. The Kier molecular flexibility index (Phi) is 4.42. The number of rotatable bonds is 7. The van der Waals surface area contributed by atoms with Gasteiger partial charge in [0.15, 0.2) is 0 Å². The molecular formula is C19H22N2O. The number of fused-ring (bicyclic) bond motifs is 1. The van der Waals surface area contributed by atoms with Crippen LogP contribution in [-0.4, -0.2) is 10.3 Å². The number of nitrogens with zero attached hydrogens (tertiary/aromatic N) is 1. The van der Waals surface area contributed by atoms with Crippen molar-refractivity contribution in [1.29, 1.82) is 5.41 Å². The largest absolute Gasteiger partial charge is 0.448 e. The Hall–Kier alpha value is -2.29. The predicted molar refractivity (Wildman–Crippen MR) is 91.1 cm³/mol. The molecule has 3 aromatic rings. The van der Waals surface area contributed by atoms with Crippen LogP contribution in [0.2, 0.25) is 0 Å². The van der Waals surface area contributed by atoms with E-state index in [1.54, 1.807) is 6.26 Å². The van der Waals surface area contributed by atoms with Crippen molar-refractivity contribution in [3.05, 3.63) is 54.4 Å². The molecule has 0 saturated heterocycles. The molecule has 0 fully saturated rings. The zero-order valence-corrected chi connectivity index (χ0v) is 13.0. The predicted octanol–water partition coefficient (Wildman–Crippen LogP) is 5.56. The zero-order valence-electron chi connectivity index (χ0n) is 13.0. The first-order chi connectivity index (χ1) is 10.8. The van der Waals surface area contributed by atoms with Crippen LogP contribution in [0.4, 0.5) is 0 Å². The minimum Gasteiger partial charge on any atom is -0.448 e. The van der Waals surface area contributed by atoms with Crippen molar-refractivity contribution in [3.8, 4) is 5.88 Å². The Balaban J connectivity index is 1.91. The molecule has 1 N–H and O–H groups in total. The van der Waals surface area contributed by atoms with Crippen LogP contribution in [0.15, 0.2) is 53.3 Å². The van der Waals surface area contributed by atoms with E-state index in [4.69, 9.17) is 9.83 Å². The SMILES string of the molecule is CCCCCCC(=N)c1cn(-c2ccco2)c2ccccc12. The van der Waals surface area contributed by atoms with E-state index in [2.05, 4.69) is 19.1 Å². The molecule has 2 aromatic heterocycles. The smallest absolute Gasteiger partial charge is 0.203 e. The first kappa shape index (κ1) is 14.6. The number of nitrogens with one attached hydrogen (secondary N) is 1. The van der Waals surface area contributed by atoms with Gasteiger partial charge >= 0.3 is 0 Å². The molecule has 0 bridgehead atoms. The fraction of sp³-hybridized carbons (Fsp3) is 0.316. The lowest BCUT2D eigenvalue weighted by molar-refractivity contribution is 0.543. The summed E-state index contributed by atoms with van der Waals surface area (Å²) in [7, 11) is 0. The van der Waals surface area contributed by atoms with E-state index in [1.165, 1.54) is 19.3 Å². The Morgan fingerprint density at radius 1 is 1.09 bits per heavy atom. The zero-order chi connectivity index (χ0) is 15.4. The third kappa shape index (κ3) is 2.84. The molecule has 3 rings (SSSR count). The Morgan fingerprint density at radius 3 is 2.73 bits per heavy atom. The normalized spacial score (nSPS) is 11.1. The van der Waals surface area contributed by atoms with Gasteiger partial charge in [0, 0.05) is 28.9 Å². The lowest BCUT2D eigenvalue weighted by Gasteiger charge is -2.02. The average Bonchev–Trinajstić information content (AvgIpc) is 3.18. The highest BCUT2D eigenvalue weighted by Gasteiger charge is 2.13. The van der Waals surface area contributed by atoms with Crippen molar-refractivity contribution in [2.75, 3.05) is 0 Å². The quantitative estimate of drug-likeness (QED) is 0.449. The van der Waals surface area contributed by atoms with Crippen molar-refractivity contribution in [2.24, 2.45) is 0 Å². The van der Waals surface area contributed by atoms with Crippen molar-refractivity contribution in [3.63, 3.8) is 0 Å². The molecule has 2 heterocycles. The van der Waals surface area contributed by atoms with Crippen LogP contribution >= 0.6 is 0 Å². The van der Waals surface area contributed by atoms with Crippen molar-refractivity contribution in [2.45, 2.75) is 39.0 Å². The summed E-state index contributed by atoms with van der Waals surface area (Å²) in [5, 5.41) is 9.57. The molecule has 0 aliphatic heterocycles. The van der Waals surface area contributed by atoms with E-state index >= 15 is 0 Å². The van der Waals surface area contributed by atoms with Crippen LogP contribution in [0.25, 0.3) is 16.8 Å². The molecule has 3 heteroatoms. The summed E-state index contributed by atoms with van der Waals surface area (Å²) in [4.78, 5) is 0. The van der Waals surface area contributed by atoms with Crippen LogP contribution in [0.3, 0.4) is 0 Å². The molecule has 114 valence electrons. The van der Waals surface area contributed by atoms with Gasteiger partial charge in [-0.1, -0.05) is 44.4 Å². The second-order valence-corrected chi connectivity index (χ2v) is 5.67. The molecule has 3 nitrogen and oxygen atoms in total. The van der Waals surface area contributed by atoms with Crippen molar-refractivity contribution in [1.82, 2.24) is 4.57 Å². The monoisotopic (exact) mass is 294 g/mol. The molecule has 0 unspecified atom stereocenters. The molecule has 22 heavy (non-hydrogen) atoms. The first-order valence-corrected chi connectivity index (χ1v) is 8.03. The van der Waals surface area contributed by atoms with Gasteiger partial charge in [-0.05, 0) is 25.0 Å². The Morgan fingerprint density at radius 2 is 1.95 bits per heavy atom. The molecular weight excluding hydrogens is 272 g/mol. The molecule has 0 radical (unpaired) electrons. The number of benzene rings is 1. The maximum absolute atomic E-state index is 8.44. The molecule has 0 amide bonds. The summed E-state index contributed by atoms with van der Waals surface area (Å²) in [6.45, 7) is 2.21. The molecule has 0 aliphatic carbocycles. The van der Waals surface area contributed by atoms with Crippen LogP contribution in [0.5, 0.6) is 0 Å². The van der Waals surface area contributed by atoms with Gasteiger partial charge in [0.05, 0.1) is 11.8 Å². The van der Waals surface area contributed by atoms with E-state index in [9.17, 15) is 0 Å². The third-order valence-corrected chi connectivity index (χ3v) is 4.06. The Labute approximate surface area is 131 Å². The topological polar surface area (TPSA) is 41.9 Å². The number of para-hydroxylation sites is 1. The van der Waals surface area contributed by atoms with Gasteiger partial charge in [-0.3, -0.25) is 4.57 Å². The van der Waals surface area contributed by atoms with E-state index in [0.717, 1.165) is 40.9 Å². The van der Waals surface area contributed by atoms with Crippen LogP contribution in [-0.2, 0) is 0 Å². The number of unbranched alkanes of at least 4 members (excludes halogenated alkanes) is 3. The lowest BCUT2D eigenvalue weighted by Crippen LogP contribution is -1.98. The van der Waals surface area contributed by atoms with Crippen LogP contribution in [0, 0.1) is 5.41 Å². The maximum Gasteiger partial charge on any atom is 0.203 e. The lowest BCUT2D eigenvalue weighted by atomic mass is 10.0. The highest BCUT2D eigenvalue weighted by molar-refractivity contribution is 6.09. The maximum atomic E-state index is 8.44. The number of aromatic nitrogens is 1. The van der Waals surface area contributed by atoms with E-state index in [1.807, 2.05) is 35.0 Å². The molecule has 0 atom stereocenters. The van der Waals surface area contributed by atoms with Gasteiger partial charge in [0.1, 0.15) is 0 Å². The van der Waals surface area contributed by atoms with Gasteiger partial charge in [-0.15, -0.1) is 0 Å². The number of hydrogen-bond acceptors (Lipinski definition) is 2. The first-order valence-electron chi connectivity index (χ1n) is 8.03. The third-order valence-electron chi connectivity index (χ3n) is 4.06. The van der Waals surface area contributed by atoms with E-state index in [-0.39, 0.29) is 0 Å². The van der Waals surface area contributed by atoms with Gasteiger partial charge < -0.3 is 9.83 Å². The summed E-state index contributed by atoms with van der Waals surface area (Å²) in [6, 6.07) is 12.1. The average molecular weight is 294 g/mol. The van der Waals surface area contributed by atoms with Gasteiger partial charge in [-0.25, -0.2) is 0 Å².